The Kier molecular flexibility index (Phi) is 5.38. The van der Waals surface area contributed by atoms with Crippen molar-refractivity contribution in [1.29, 1.82) is 0 Å². The predicted octanol–water partition coefficient (Wildman–Crippen LogP) is 5.05. The number of para-hydroxylation sites is 1. The Bertz CT molecular complexity index is 1170. The van der Waals surface area contributed by atoms with Gasteiger partial charge in [-0.2, -0.15) is 4.80 Å². The number of carbonyl (C=O) groups is 1. The Hall–Kier alpha value is -3.09. The molecule has 0 bridgehead atoms. The molecule has 29 heavy (non-hydrogen) atoms. The molecule has 4 aromatic rings. The summed E-state index contributed by atoms with van der Waals surface area (Å²) in [6.45, 7) is 1.63. The zero-order valence-corrected chi connectivity index (χ0v) is 16.9. The number of nitrogens with zero attached hydrogens (tertiary/aromatic N) is 3. The standard InChI is InChI=1S/C21H16Cl2N4O2/c1-13-9-14(22)10-17(23)21(13)29-12-20(28)24-15-7-8-18-19(11-15)26-27(25-18)16-5-3-2-4-6-16/h2-11H,12H2,1H3,(H,24,28). The number of ether oxygens (including phenoxy) is 1. The third-order valence-corrected chi connectivity index (χ3v) is 4.69. The van der Waals surface area contributed by atoms with Gasteiger partial charge in [0, 0.05) is 10.7 Å². The highest BCUT2D eigenvalue weighted by molar-refractivity contribution is 6.35. The molecule has 0 aliphatic rings. The molecule has 0 saturated carbocycles. The number of rotatable bonds is 5. The van der Waals surface area contributed by atoms with E-state index in [1.165, 1.54) is 0 Å². The molecule has 146 valence electrons. The van der Waals surface area contributed by atoms with Crippen LogP contribution in [0.15, 0.2) is 60.7 Å². The quantitative estimate of drug-likeness (QED) is 0.484. The molecule has 0 fully saturated rings. The molecule has 1 amide bonds. The van der Waals surface area contributed by atoms with Crippen LogP contribution >= 0.6 is 23.2 Å². The number of halogens is 2. The summed E-state index contributed by atoms with van der Waals surface area (Å²) in [5.41, 5.74) is 3.62. The van der Waals surface area contributed by atoms with Gasteiger partial charge in [-0.25, -0.2) is 0 Å². The van der Waals surface area contributed by atoms with E-state index in [1.54, 1.807) is 35.1 Å². The van der Waals surface area contributed by atoms with Crippen LogP contribution in [0.3, 0.4) is 0 Å². The lowest BCUT2D eigenvalue weighted by molar-refractivity contribution is -0.118. The summed E-state index contributed by atoms with van der Waals surface area (Å²) in [6, 6.07) is 18.3. The highest BCUT2D eigenvalue weighted by Gasteiger charge is 2.11. The minimum absolute atomic E-state index is 0.184. The second-order valence-electron chi connectivity index (χ2n) is 6.40. The summed E-state index contributed by atoms with van der Waals surface area (Å²) in [6.07, 6.45) is 0. The lowest BCUT2D eigenvalue weighted by atomic mass is 10.2. The van der Waals surface area contributed by atoms with Crippen molar-refractivity contribution in [3.63, 3.8) is 0 Å². The fraction of sp³-hybridized carbons (Fsp3) is 0.0952. The number of fused-ring (bicyclic) bond motifs is 1. The molecule has 0 spiro atoms. The van der Waals surface area contributed by atoms with Gasteiger partial charge in [0.25, 0.3) is 5.91 Å². The maximum Gasteiger partial charge on any atom is 0.262 e. The van der Waals surface area contributed by atoms with Crippen LogP contribution in [-0.4, -0.2) is 27.5 Å². The minimum atomic E-state index is -0.315. The average Bonchev–Trinajstić information content (AvgIpc) is 3.11. The van der Waals surface area contributed by atoms with E-state index in [1.807, 2.05) is 37.3 Å². The van der Waals surface area contributed by atoms with Crippen molar-refractivity contribution in [2.45, 2.75) is 6.92 Å². The van der Waals surface area contributed by atoms with Crippen LogP contribution in [0.2, 0.25) is 10.0 Å². The average molecular weight is 427 g/mol. The summed E-state index contributed by atoms with van der Waals surface area (Å²) < 4.78 is 5.57. The predicted molar refractivity (Wildman–Crippen MR) is 114 cm³/mol. The Labute approximate surface area is 177 Å². The molecule has 4 rings (SSSR count). The summed E-state index contributed by atoms with van der Waals surface area (Å²) in [4.78, 5) is 13.9. The van der Waals surface area contributed by atoms with E-state index < -0.39 is 0 Å². The first-order chi connectivity index (χ1) is 14.0. The molecule has 8 heteroatoms. The number of hydrogen-bond acceptors (Lipinski definition) is 4. The molecule has 1 aromatic heterocycles. The Morgan fingerprint density at radius 1 is 1.03 bits per heavy atom. The van der Waals surface area contributed by atoms with E-state index in [-0.39, 0.29) is 12.5 Å². The topological polar surface area (TPSA) is 69.0 Å². The second kappa shape index (κ2) is 8.11. The van der Waals surface area contributed by atoms with Gasteiger partial charge in [-0.15, -0.1) is 10.2 Å². The Morgan fingerprint density at radius 3 is 2.55 bits per heavy atom. The van der Waals surface area contributed by atoms with Crippen molar-refractivity contribution in [2.24, 2.45) is 0 Å². The van der Waals surface area contributed by atoms with Gasteiger partial charge in [0.15, 0.2) is 6.61 Å². The van der Waals surface area contributed by atoms with Gasteiger partial charge in [0.2, 0.25) is 0 Å². The number of carbonyl (C=O) groups excluding carboxylic acids is 1. The lowest BCUT2D eigenvalue weighted by Crippen LogP contribution is -2.20. The molecule has 0 aliphatic carbocycles. The Balaban J connectivity index is 1.46. The van der Waals surface area contributed by atoms with Crippen molar-refractivity contribution in [3.8, 4) is 11.4 Å². The number of aromatic nitrogens is 3. The Morgan fingerprint density at radius 2 is 1.79 bits per heavy atom. The van der Waals surface area contributed by atoms with Crippen molar-refractivity contribution in [1.82, 2.24) is 15.0 Å². The number of hydrogen-bond donors (Lipinski definition) is 1. The third kappa shape index (κ3) is 4.34. The molecule has 0 unspecified atom stereocenters. The number of nitrogens with one attached hydrogen (secondary N) is 1. The van der Waals surface area contributed by atoms with Crippen LogP contribution in [-0.2, 0) is 4.79 Å². The van der Waals surface area contributed by atoms with Gasteiger partial charge in [-0.3, -0.25) is 4.79 Å². The lowest BCUT2D eigenvalue weighted by Gasteiger charge is -2.11. The molecular weight excluding hydrogens is 411 g/mol. The van der Waals surface area contributed by atoms with Crippen LogP contribution < -0.4 is 10.1 Å². The summed E-state index contributed by atoms with van der Waals surface area (Å²) in [7, 11) is 0. The van der Waals surface area contributed by atoms with Gasteiger partial charge >= 0.3 is 0 Å². The first kappa shape index (κ1) is 19.2. The summed E-state index contributed by atoms with van der Waals surface area (Å²) >= 11 is 12.1. The normalized spacial score (nSPS) is 10.9. The van der Waals surface area contributed by atoms with E-state index in [4.69, 9.17) is 27.9 Å². The van der Waals surface area contributed by atoms with Crippen LogP contribution in [0.5, 0.6) is 5.75 Å². The van der Waals surface area contributed by atoms with Crippen LogP contribution in [0.25, 0.3) is 16.7 Å². The second-order valence-corrected chi connectivity index (χ2v) is 7.24. The largest absolute Gasteiger partial charge is 0.482 e. The maximum absolute atomic E-state index is 12.3. The molecule has 3 aromatic carbocycles. The van der Waals surface area contributed by atoms with Gasteiger partial charge in [-0.05, 0) is 55.0 Å². The zero-order valence-electron chi connectivity index (χ0n) is 15.4. The monoisotopic (exact) mass is 426 g/mol. The van der Waals surface area contributed by atoms with Gasteiger partial charge in [0.05, 0.1) is 10.7 Å². The van der Waals surface area contributed by atoms with E-state index >= 15 is 0 Å². The van der Waals surface area contributed by atoms with E-state index in [0.29, 0.717) is 27.0 Å². The van der Waals surface area contributed by atoms with E-state index in [2.05, 4.69) is 15.5 Å². The fourth-order valence-corrected chi connectivity index (χ4v) is 3.53. The number of amides is 1. The fourth-order valence-electron chi connectivity index (χ4n) is 2.88. The molecule has 1 N–H and O–H groups in total. The smallest absolute Gasteiger partial charge is 0.262 e. The van der Waals surface area contributed by atoms with Crippen LogP contribution in [0.4, 0.5) is 5.69 Å². The van der Waals surface area contributed by atoms with Crippen LogP contribution in [0.1, 0.15) is 5.56 Å². The number of aryl methyl sites for hydroxylation is 1. The van der Waals surface area contributed by atoms with Crippen molar-refractivity contribution in [3.05, 3.63) is 76.3 Å². The summed E-state index contributed by atoms with van der Waals surface area (Å²) in [5, 5.41) is 12.6. The van der Waals surface area contributed by atoms with Gasteiger partial charge in [0.1, 0.15) is 16.8 Å². The zero-order chi connectivity index (χ0) is 20.4. The highest BCUT2D eigenvalue weighted by atomic mass is 35.5. The summed E-state index contributed by atoms with van der Waals surface area (Å²) in [5.74, 6) is 0.123. The van der Waals surface area contributed by atoms with Crippen LogP contribution in [0, 0.1) is 6.92 Å². The van der Waals surface area contributed by atoms with Gasteiger partial charge in [-0.1, -0.05) is 41.4 Å². The van der Waals surface area contributed by atoms with Crippen molar-refractivity contribution in [2.75, 3.05) is 11.9 Å². The molecule has 0 saturated heterocycles. The molecule has 6 nitrogen and oxygen atoms in total. The molecular formula is C21H16Cl2N4O2. The van der Waals surface area contributed by atoms with Gasteiger partial charge < -0.3 is 10.1 Å². The maximum atomic E-state index is 12.3. The SMILES string of the molecule is Cc1cc(Cl)cc(Cl)c1OCC(=O)Nc1ccc2nn(-c3ccccc3)nc2c1. The minimum Gasteiger partial charge on any atom is -0.482 e. The molecule has 0 aliphatic heterocycles. The van der Waals surface area contributed by atoms with E-state index in [9.17, 15) is 4.79 Å². The first-order valence-corrected chi connectivity index (χ1v) is 9.56. The van der Waals surface area contributed by atoms with Crippen molar-refractivity contribution < 1.29 is 9.53 Å². The molecule has 0 atom stereocenters. The molecule has 0 radical (unpaired) electrons. The van der Waals surface area contributed by atoms with Crippen molar-refractivity contribution >= 4 is 45.8 Å². The highest BCUT2D eigenvalue weighted by Crippen LogP contribution is 2.31. The molecule has 1 heterocycles. The number of anilines is 1. The van der Waals surface area contributed by atoms with E-state index in [0.717, 1.165) is 16.8 Å². The number of benzene rings is 3. The third-order valence-electron chi connectivity index (χ3n) is 4.19. The first-order valence-electron chi connectivity index (χ1n) is 8.80.